The lowest BCUT2D eigenvalue weighted by Crippen LogP contribution is -2.00. The monoisotopic (exact) mass is 626 g/mol. The molecule has 0 atom stereocenters. The summed E-state index contributed by atoms with van der Waals surface area (Å²) >= 11 is 6.72. The molecule has 0 fully saturated rings. The summed E-state index contributed by atoms with van der Waals surface area (Å²) in [6.45, 7) is 0. The fraction of sp³-hybridized carbons (Fsp3) is 0.0909. The van der Waals surface area contributed by atoms with Gasteiger partial charge in [0.05, 0.1) is 11.4 Å². The molecule has 2 aromatic heterocycles. The second kappa shape index (κ2) is 14.4. The molecule has 0 saturated carbocycles. The first-order valence-electron chi connectivity index (χ1n) is 16.2. The van der Waals surface area contributed by atoms with Gasteiger partial charge in [0.15, 0.2) is 0 Å². The van der Waals surface area contributed by atoms with Crippen LogP contribution in [-0.2, 0) is 25.7 Å². The summed E-state index contributed by atoms with van der Waals surface area (Å²) < 4.78 is 0. The number of hydrogen-bond acceptors (Lipinski definition) is 2. The second-order valence-corrected chi connectivity index (χ2v) is 12.3. The highest BCUT2D eigenvalue weighted by atomic mass is 35.5. The van der Waals surface area contributed by atoms with Crippen molar-refractivity contribution in [1.29, 1.82) is 0 Å². The summed E-state index contributed by atoms with van der Waals surface area (Å²) in [5.41, 5.74) is 14.0. The van der Waals surface area contributed by atoms with E-state index in [1.54, 1.807) is 0 Å². The van der Waals surface area contributed by atoms with Gasteiger partial charge in [-0.15, -0.1) is 0 Å². The third kappa shape index (κ3) is 7.41. The number of aryl methyl sites for hydroxylation is 4. The van der Waals surface area contributed by atoms with Crippen LogP contribution >= 0.6 is 11.6 Å². The van der Waals surface area contributed by atoms with E-state index in [2.05, 4.69) is 140 Å². The van der Waals surface area contributed by atoms with Gasteiger partial charge in [0.1, 0.15) is 0 Å². The molecule has 0 aliphatic carbocycles. The molecule has 3 heteroatoms. The molecule has 0 bridgehead atoms. The lowest BCUT2D eigenvalue weighted by molar-refractivity contribution is 0.925. The van der Waals surface area contributed by atoms with Gasteiger partial charge in [0, 0.05) is 28.5 Å². The van der Waals surface area contributed by atoms with E-state index in [1.807, 2.05) is 24.5 Å². The van der Waals surface area contributed by atoms with E-state index >= 15 is 0 Å². The lowest BCUT2D eigenvalue weighted by atomic mass is 9.93. The zero-order valence-electron chi connectivity index (χ0n) is 26.2. The number of aromatic nitrogens is 2. The SMILES string of the molecule is Clc1cc(CCc2cnc(-c3ccccc3)cc2-c2ccccc2)cc(CCc2cnc(-c3ccccc3)cc2-c2ccccc2)c1. The van der Waals surface area contributed by atoms with Gasteiger partial charge in [-0.2, -0.15) is 0 Å². The van der Waals surface area contributed by atoms with Crippen molar-refractivity contribution in [2.45, 2.75) is 25.7 Å². The van der Waals surface area contributed by atoms with Gasteiger partial charge in [-0.1, -0.05) is 139 Å². The van der Waals surface area contributed by atoms with E-state index in [4.69, 9.17) is 21.6 Å². The molecule has 0 amide bonds. The predicted octanol–water partition coefficient (Wildman–Crippen LogP) is 11.4. The summed E-state index contributed by atoms with van der Waals surface area (Å²) in [4.78, 5) is 9.74. The van der Waals surface area contributed by atoms with Crippen LogP contribution in [0.5, 0.6) is 0 Å². The van der Waals surface area contributed by atoms with E-state index in [0.717, 1.165) is 53.2 Å². The maximum Gasteiger partial charge on any atom is 0.0708 e. The first kappa shape index (κ1) is 30.3. The maximum absolute atomic E-state index is 6.72. The molecule has 5 aromatic carbocycles. The van der Waals surface area contributed by atoms with Crippen LogP contribution in [0, 0.1) is 0 Å². The van der Waals surface area contributed by atoms with Crippen LogP contribution in [0.3, 0.4) is 0 Å². The zero-order valence-corrected chi connectivity index (χ0v) is 26.9. The van der Waals surface area contributed by atoms with Crippen molar-refractivity contribution in [3.8, 4) is 44.8 Å². The molecule has 228 valence electrons. The third-order valence-electron chi connectivity index (χ3n) is 8.67. The van der Waals surface area contributed by atoms with Crippen molar-refractivity contribution < 1.29 is 0 Å². The van der Waals surface area contributed by atoms with E-state index in [0.29, 0.717) is 0 Å². The molecule has 0 aliphatic heterocycles. The Kier molecular flexibility index (Phi) is 9.31. The Bertz CT molecular complexity index is 1930. The molecular formula is C44H35ClN2. The van der Waals surface area contributed by atoms with E-state index < -0.39 is 0 Å². The fourth-order valence-corrected chi connectivity index (χ4v) is 6.52. The average Bonchev–Trinajstić information content (AvgIpc) is 3.14. The number of benzene rings is 5. The highest BCUT2D eigenvalue weighted by molar-refractivity contribution is 6.30. The van der Waals surface area contributed by atoms with Gasteiger partial charge in [0.2, 0.25) is 0 Å². The van der Waals surface area contributed by atoms with E-state index in [9.17, 15) is 0 Å². The Morgan fingerprint density at radius 2 is 0.745 bits per heavy atom. The summed E-state index contributed by atoms with van der Waals surface area (Å²) in [7, 11) is 0. The zero-order chi connectivity index (χ0) is 31.8. The number of pyridine rings is 2. The molecule has 0 N–H and O–H groups in total. The molecule has 7 aromatic rings. The minimum Gasteiger partial charge on any atom is -0.256 e. The Morgan fingerprint density at radius 3 is 1.13 bits per heavy atom. The third-order valence-corrected chi connectivity index (χ3v) is 8.88. The predicted molar refractivity (Wildman–Crippen MR) is 196 cm³/mol. The highest BCUT2D eigenvalue weighted by Gasteiger charge is 2.12. The van der Waals surface area contributed by atoms with Crippen LogP contribution in [0.2, 0.25) is 5.02 Å². The van der Waals surface area contributed by atoms with Crippen LogP contribution in [0.25, 0.3) is 44.8 Å². The molecule has 47 heavy (non-hydrogen) atoms. The summed E-state index contributed by atoms with van der Waals surface area (Å²) in [5.74, 6) is 0. The van der Waals surface area contributed by atoms with Crippen LogP contribution in [0.1, 0.15) is 22.3 Å². The quantitative estimate of drug-likeness (QED) is 0.151. The van der Waals surface area contributed by atoms with E-state index in [1.165, 1.54) is 44.5 Å². The normalized spacial score (nSPS) is 11.0. The smallest absolute Gasteiger partial charge is 0.0708 e. The van der Waals surface area contributed by atoms with Crippen LogP contribution in [0.4, 0.5) is 0 Å². The highest BCUT2D eigenvalue weighted by Crippen LogP contribution is 2.31. The van der Waals surface area contributed by atoms with Gasteiger partial charge in [-0.3, -0.25) is 9.97 Å². The topological polar surface area (TPSA) is 25.8 Å². The fourth-order valence-electron chi connectivity index (χ4n) is 6.24. The van der Waals surface area contributed by atoms with Gasteiger partial charge < -0.3 is 0 Å². The Balaban J connectivity index is 1.12. The van der Waals surface area contributed by atoms with Crippen LogP contribution < -0.4 is 0 Å². The Labute approximate surface area is 282 Å². The maximum atomic E-state index is 6.72. The van der Waals surface area contributed by atoms with Crippen molar-refractivity contribution >= 4 is 11.6 Å². The molecule has 0 aliphatic rings. The van der Waals surface area contributed by atoms with Gasteiger partial charge in [-0.05, 0) is 94.5 Å². The Hall–Kier alpha value is -5.31. The molecule has 0 unspecified atom stereocenters. The summed E-state index contributed by atoms with van der Waals surface area (Å²) in [6.07, 6.45) is 7.59. The largest absolute Gasteiger partial charge is 0.256 e. The van der Waals surface area contributed by atoms with Crippen LogP contribution in [0.15, 0.2) is 164 Å². The number of rotatable bonds is 10. The number of nitrogens with zero attached hydrogens (tertiary/aromatic N) is 2. The number of hydrogen-bond donors (Lipinski definition) is 0. The molecule has 2 heterocycles. The first-order chi connectivity index (χ1) is 23.2. The average molecular weight is 627 g/mol. The van der Waals surface area contributed by atoms with Crippen molar-refractivity contribution in [2.75, 3.05) is 0 Å². The molecule has 0 radical (unpaired) electrons. The molecule has 7 rings (SSSR count). The standard InChI is InChI=1S/C44H35ClN2/c45-40-26-32(21-23-38-30-46-43(36-17-9-3-10-18-36)28-41(38)34-13-5-1-6-14-34)25-33(27-40)22-24-39-31-47-44(37-19-11-4-12-20-37)29-42(39)35-15-7-2-8-16-35/h1-20,25-31H,21-24H2. The van der Waals surface area contributed by atoms with Crippen LogP contribution in [-0.4, -0.2) is 9.97 Å². The van der Waals surface area contributed by atoms with Crippen molar-refractivity contribution in [1.82, 2.24) is 9.97 Å². The second-order valence-electron chi connectivity index (χ2n) is 11.9. The van der Waals surface area contributed by atoms with Crippen molar-refractivity contribution in [3.05, 3.63) is 191 Å². The van der Waals surface area contributed by atoms with E-state index in [-0.39, 0.29) is 0 Å². The first-order valence-corrected chi connectivity index (χ1v) is 16.6. The Morgan fingerprint density at radius 1 is 0.383 bits per heavy atom. The number of halogens is 1. The molecule has 0 spiro atoms. The summed E-state index contributed by atoms with van der Waals surface area (Å²) in [5, 5.41) is 0.777. The molecular weight excluding hydrogens is 592 g/mol. The molecule has 0 saturated heterocycles. The van der Waals surface area contributed by atoms with Gasteiger partial charge in [-0.25, -0.2) is 0 Å². The van der Waals surface area contributed by atoms with Crippen molar-refractivity contribution in [3.63, 3.8) is 0 Å². The van der Waals surface area contributed by atoms with Crippen molar-refractivity contribution in [2.24, 2.45) is 0 Å². The molecule has 2 nitrogen and oxygen atoms in total. The van der Waals surface area contributed by atoms with Gasteiger partial charge in [0.25, 0.3) is 0 Å². The minimum absolute atomic E-state index is 0.777. The minimum atomic E-state index is 0.777. The lowest BCUT2D eigenvalue weighted by Gasteiger charge is -2.14. The summed E-state index contributed by atoms with van der Waals surface area (Å²) in [6, 6.07) is 52.9. The van der Waals surface area contributed by atoms with Gasteiger partial charge >= 0.3 is 0 Å².